The van der Waals surface area contributed by atoms with E-state index in [4.69, 9.17) is 16.0 Å². The molecular weight excluding hydrogens is 437 g/mol. The molecule has 11 heteroatoms. The Labute approximate surface area is 178 Å². The first-order valence-electron chi connectivity index (χ1n) is 9.08. The predicted molar refractivity (Wildman–Crippen MR) is 105 cm³/mol. The van der Waals surface area contributed by atoms with Gasteiger partial charge in [0, 0.05) is 29.2 Å². The molecule has 1 aliphatic rings. The van der Waals surface area contributed by atoms with Crippen LogP contribution in [0.5, 0.6) is 0 Å². The maximum atomic E-state index is 12.6. The predicted octanol–water partition coefficient (Wildman–Crippen LogP) is 4.51. The zero-order chi connectivity index (χ0) is 22.2. The Bertz CT molecular complexity index is 1110. The summed E-state index contributed by atoms with van der Waals surface area (Å²) in [6.07, 6.45) is -4.34. The minimum atomic E-state index is -4.49. The van der Waals surface area contributed by atoms with E-state index in [0.717, 1.165) is 24.3 Å². The molecule has 0 aliphatic carbocycles. The van der Waals surface area contributed by atoms with Crippen molar-refractivity contribution in [3.05, 3.63) is 70.6 Å². The number of hydrogen-bond donors (Lipinski definition) is 1. The van der Waals surface area contributed by atoms with E-state index >= 15 is 0 Å². The molecule has 0 saturated carbocycles. The largest absolute Gasteiger partial charge is 0.416 e. The van der Waals surface area contributed by atoms with Crippen LogP contribution in [-0.4, -0.2) is 28.6 Å². The van der Waals surface area contributed by atoms with E-state index in [1.54, 1.807) is 29.2 Å². The van der Waals surface area contributed by atoms with Gasteiger partial charge in [0.15, 0.2) is 0 Å². The van der Waals surface area contributed by atoms with Crippen LogP contribution in [0.25, 0.3) is 0 Å². The summed E-state index contributed by atoms with van der Waals surface area (Å²) in [5.74, 6) is -1.02. The lowest BCUT2D eigenvalue weighted by Crippen LogP contribution is -2.24. The number of rotatable bonds is 4. The monoisotopic (exact) mass is 450 g/mol. The van der Waals surface area contributed by atoms with E-state index in [2.05, 4.69) is 15.5 Å². The highest BCUT2D eigenvalue weighted by Crippen LogP contribution is 2.32. The number of alkyl halides is 3. The van der Waals surface area contributed by atoms with Crippen molar-refractivity contribution in [1.29, 1.82) is 0 Å². The van der Waals surface area contributed by atoms with Gasteiger partial charge in [0.2, 0.25) is 11.8 Å². The highest BCUT2D eigenvalue weighted by molar-refractivity contribution is 6.30. The minimum Gasteiger partial charge on any atom is -0.407 e. The van der Waals surface area contributed by atoms with E-state index < -0.39 is 17.6 Å². The third-order valence-corrected chi connectivity index (χ3v) is 5.00. The smallest absolute Gasteiger partial charge is 0.407 e. The number of amides is 2. The number of benzene rings is 2. The number of nitrogens with one attached hydrogen (secondary N) is 1. The second-order valence-electron chi connectivity index (χ2n) is 6.86. The van der Waals surface area contributed by atoms with Gasteiger partial charge in [-0.05, 0) is 48.5 Å². The molecule has 0 bridgehead atoms. The molecule has 1 fully saturated rings. The van der Waals surface area contributed by atoms with Crippen LogP contribution in [0.15, 0.2) is 52.9 Å². The van der Waals surface area contributed by atoms with Crippen molar-refractivity contribution in [3.63, 3.8) is 0 Å². The molecule has 31 heavy (non-hydrogen) atoms. The number of anilines is 2. The first kappa shape index (κ1) is 20.9. The number of hydrogen-bond acceptors (Lipinski definition) is 5. The van der Waals surface area contributed by atoms with E-state index in [9.17, 15) is 22.8 Å². The Morgan fingerprint density at radius 1 is 1.10 bits per heavy atom. The van der Waals surface area contributed by atoms with E-state index in [0.29, 0.717) is 17.3 Å². The second kappa shape index (κ2) is 8.03. The molecule has 3 aromatic rings. The first-order valence-corrected chi connectivity index (χ1v) is 9.46. The summed E-state index contributed by atoms with van der Waals surface area (Å²) in [5.41, 5.74) is -0.176. The van der Waals surface area contributed by atoms with Crippen LogP contribution in [0.1, 0.15) is 34.2 Å². The van der Waals surface area contributed by atoms with Crippen molar-refractivity contribution >= 4 is 35.1 Å². The van der Waals surface area contributed by atoms with E-state index in [1.807, 2.05) is 0 Å². The first-order chi connectivity index (χ1) is 14.7. The Balaban J connectivity index is 1.42. The molecule has 0 spiro atoms. The number of carbonyl (C=O) groups excluding carboxylic acids is 2. The van der Waals surface area contributed by atoms with Crippen molar-refractivity contribution in [2.75, 3.05) is 16.8 Å². The van der Waals surface area contributed by atoms with E-state index in [-0.39, 0.29) is 35.7 Å². The molecule has 2 heterocycles. The van der Waals surface area contributed by atoms with Gasteiger partial charge in [-0.15, -0.1) is 5.10 Å². The molecule has 1 saturated heterocycles. The Morgan fingerprint density at radius 3 is 2.42 bits per heavy atom. The maximum Gasteiger partial charge on any atom is 0.416 e. The summed E-state index contributed by atoms with van der Waals surface area (Å²) in [6.45, 7) is 0.314. The Hall–Kier alpha value is -3.40. The highest BCUT2D eigenvalue weighted by atomic mass is 35.5. The van der Waals surface area contributed by atoms with Crippen molar-refractivity contribution < 1.29 is 27.2 Å². The number of halogens is 4. The average molecular weight is 451 g/mol. The molecule has 160 valence electrons. The lowest BCUT2D eigenvalue weighted by atomic mass is 10.1. The van der Waals surface area contributed by atoms with Gasteiger partial charge < -0.3 is 9.32 Å². The lowest BCUT2D eigenvalue weighted by molar-refractivity contribution is -0.137. The molecule has 2 aromatic carbocycles. The minimum absolute atomic E-state index is 0.00212. The SMILES string of the molecule is O=C(Nc1nnc(C2CC(=O)N(c3ccc(Cl)cc3)C2)o1)c1ccc(C(F)(F)F)cc1. The van der Waals surface area contributed by atoms with Gasteiger partial charge in [-0.25, -0.2) is 0 Å². The van der Waals surface area contributed by atoms with Crippen molar-refractivity contribution in [2.45, 2.75) is 18.5 Å². The number of carbonyl (C=O) groups is 2. The molecule has 0 radical (unpaired) electrons. The number of aromatic nitrogens is 2. The normalized spacial score (nSPS) is 16.6. The summed E-state index contributed by atoms with van der Waals surface area (Å²) >= 11 is 5.87. The van der Waals surface area contributed by atoms with Gasteiger partial charge in [0.25, 0.3) is 5.91 Å². The van der Waals surface area contributed by atoms with E-state index in [1.165, 1.54) is 0 Å². The zero-order valence-corrected chi connectivity index (χ0v) is 16.4. The fourth-order valence-electron chi connectivity index (χ4n) is 3.17. The molecule has 1 atom stereocenters. The van der Waals surface area contributed by atoms with Gasteiger partial charge in [0.05, 0.1) is 11.5 Å². The summed E-state index contributed by atoms with van der Waals surface area (Å²) in [4.78, 5) is 26.2. The second-order valence-corrected chi connectivity index (χ2v) is 7.29. The van der Waals surface area contributed by atoms with Crippen LogP contribution in [-0.2, 0) is 11.0 Å². The van der Waals surface area contributed by atoms with Gasteiger partial charge in [-0.2, -0.15) is 13.2 Å². The van der Waals surface area contributed by atoms with Crippen molar-refractivity contribution in [3.8, 4) is 0 Å². The summed E-state index contributed by atoms with van der Waals surface area (Å²) < 4.78 is 43.4. The molecule has 1 N–H and O–H groups in total. The standard InChI is InChI=1S/C20H14ClF3N4O3/c21-14-5-7-15(8-6-14)28-10-12(9-16(28)29)18-26-27-19(31-18)25-17(30)11-1-3-13(4-2-11)20(22,23)24/h1-8,12H,9-10H2,(H,25,27,30). The summed E-state index contributed by atoms with van der Waals surface area (Å²) in [5, 5.41) is 10.5. The quantitative estimate of drug-likeness (QED) is 0.631. The molecule has 7 nitrogen and oxygen atoms in total. The van der Waals surface area contributed by atoms with Crippen LogP contribution in [0.2, 0.25) is 5.02 Å². The summed E-state index contributed by atoms with van der Waals surface area (Å²) in [6, 6.07) is 10.3. The van der Waals surface area contributed by atoms with Crippen molar-refractivity contribution in [2.24, 2.45) is 0 Å². The Kier molecular flexibility index (Phi) is 5.40. The fourth-order valence-corrected chi connectivity index (χ4v) is 3.30. The van der Waals surface area contributed by atoms with Crippen LogP contribution < -0.4 is 10.2 Å². The molecular formula is C20H14ClF3N4O3. The van der Waals surface area contributed by atoms with Gasteiger partial charge in [-0.3, -0.25) is 14.9 Å². The molecule has 1 aliphatic heterocycles. The topological polar surface area (TPSA) is 88.3 Å². The van der Waals surface area contributed by atoms with Crippen LogP contribution in [0.4, 0.5) is 24.9 Å². The van der Waals surface area contributed by atoms with Crippen LogP contribution >= 0.6 is 11.6 Å². The van der Waals surface area contributed by atoms with Crippen LogP contribution in [0, 0.1) is 0 Å². The van der Waals surface area contributed by atoms with Gasteiger partial charge >= 0.3 is 12.2 Å². The molecule has 1 aromatic heterocycles. The zero-order valence-electron chi connectivity index (χ0n) is 15.7. The number of nitrogens with zero attached hydrogens (tertiary/aromatic N) is 3. The Morgan fingerprint density at radius 2 is 1.77 bits per heavy atom. The fraction of sp³-hybridized carbons (Fsp3) is 0.200. The third kappa shape index (κ3) is 4.53. The summed E-state index contributed by atoms with van der Waals surface area (Å²) in [7, 11) is 0. The van der Waals surface area contributed by atoms with Gasteiger partial charge in [-0.1, -0.05) is 16.7 Å². The van der Waals surface area contributed by atoms with Gasteiger partial charge in [0.1, 0.15) is 0 Å². The maximum absolute atomic E-state index is 12.6. The highest BCUT2D eigenvalue weighted by Gasteiger charge is 2.35. The molecule has 2 amide bonds. The molecule has 1 unspecified atom stereocenters. The average Bonchev–Trinajstić information content (AvgIpc) is 3.34. The lowest BCUT2D eigenvalue weighted by Gasteiger charge is -2.16. The molecule has 4 rings (SSSR count). The third-order valence-electron chi connectivity index (χ3n) is 4.75. The van der Waals surface area contributed by atoms with Crippen molar-refractivity contribution in [1.82, 2.24) is 10.2 Å². The van der Waals surface area contributed by atoms with Crippen LogP contribution in [0.3, 0.4) is 0 Å².